The number of hydrogen-bond acceptors (Lipinski definition) is 8. The largest absolute Gasteiger partial charge is 0.372 e. The van der Waals surface area contributed by atoms with E-state index in [1.807, 2.05) is 37.5 Å². The summed E-state index contributed by atoms with van der Waals surface area (Å²) in [6, 6.07) is 9.73. The van der Waals surface area contributed by atoms with Gasteiger partial charge in [0, 0.05) is 38.3 Å². The molecular weight excluding hydrogens is 546 g/mol. The molecule has 4 rings (SSSR count). The number of aromatic nitrogens is 3. The van der Waals surface area contributed by atoms with Gasteiger partial charge in [-0.15, -0.1) is 0 Å². The van der Waals surface area contributed by atoms with Crippen LogP contribution in [0.15, 0.2) is 46.6 Å². The van der Waals surface area contributed by atoms with Crippen molar-refractivity contribution in [2.24, 2.45) is 5.41 Å². The maximum atomic E-state index is 13.6. The monoisotopic (exact) mass is 589 g/mol. The summed E-state index contributed by atoms with van der Waals surface area (Å²) in [6.45, 7) is 16.4. The number of benzene rings is 1. The summed E-state index contributed by atoms with van der Waals surface area (Å²) in [4.78, 5) is 33.1. The number of imidazole rings is 1. The molecule has 1 aliphatic heterocycles. The standard InChI is InChI=1S/C32H43N7O4/c1-8-42-32(6,7)17-23(18-33)29(41)38-15-9-10-24(38)20-39-26-12-11-22(19-34-21(2)31(3,4)5)16-25(26)36-30(39)37-28(40)27-13-14-35-43-27/h11-14,16-17,21,24,34H,8-10,15,19-20H2,1-7H3,(H,36,37,40)/b23-17+/t21-,24+/m0/s1. The van der Waals surface area contributed by atoms with Crippen molar-refractivity contribution in [2.45, 2.75) is 92.1 Å². The van der Waals surface area contributed by atoms with Gasteiger partial charge in [-0.2, -0.15) is 5.26 Å². The first-order valence-electron chi connectivity index (χ1n) is 14.9. The number of nitrogens with one attached hydrogen (secondary N) is 2. The van der Waals surface area contributed by atoms with Gasteiger partial charge < -0.3 is 24.0 Å². The highest BCUT2D eigenvalue weighted by atomic mass is 16.5. The number of amides is 2. The Morgan fingerprint density at radius 3 is 2.67 bits per heavy atom. The lowest BCUT2D eigenvalue weighted by Crippen LogP contribution is -2.39. The van der Waals surface area contributed by atoms with E-state index in [0.29, 0.717) is 38.2 Å². The molecule has 11 heteroatoms. The van der Waals surface area contributed by atoms with Crippen LogP contribution < -0.4 is 10.6 Å². The Balaban J connectivity index is 1.64. The van der Waals surface area contributed by atoms with Gasteiger partial charge in [0.2, 0.25) is 11.7 Å². The summed E-state index contributed by atoms with van der Waals surface area (Å²) in [5.41, 5.74) is 2.05. The number of rotatable bonds is 11. The molecule has 0 aliphatic carbocycles. The fraction of sp³-hybridized carbons (Fsp3) is 0.531. The quantitative estimate of drug-likeness (QED) is 0.234. The zero-order valence-electron chi connectivity index (χ0n) is 26.2. The van der Waals surface area contributed by atoms with Crippen molar-refractivity contribution in [2.75, 3.05) is 18.5 Å². The van der Waals surface area contributed by atoms with Gasteiger partial charge in [-0.25, -0.2) is 4.98 Å². The van der Waals surface area contributed by atoms with E-state index in [4.69, 9.17) is 14.2 Å². The summed E-state index contributed by atoms with van der Waals surface area (Å²) in [5.74, 6) is -0.381. The topological polar surface area (TPSA) is 138 Å². The van der Waals surface area contributed by atoms with Gasteiger partial charge in [0.1, 0.15) is 11.6 Å². The highest BCUT2D eigenvalue weighted by molar-refractivity contribution is 6.02. The van der Waals surface area contributed by atoms with Gasteiger partial charge in [-0.1, -0.05) is 32.0 Å². The zero-order chi connectivity index (χ0) is 31.4. The van der Waals surface area contributed by atoms with Crippen LogP contribution in [0.3, 0.4) is 0 Å². The van der Waals surface area contributed by atoms with E-state index in [0.717, 1.165) is 29.4 Å². The SMILES string of the molecule is CCOC(C)(C)/C=C(\C#N)C(=O)N1CCC[C@@H]1Cn1c(NC(=O)c2ccno2)nc2cc(CN[C@@H](C)C(C)(C)C)ccc21. The predicted octanol–water partition coefficient (Wildman–Crippen LogP) is 5.06. The van der Waals surface area contributed by atoms with E-state index >= 15 is 0 Å². The second-order valence-corrected chi connectivity index (χ2v) is 12.7. The van der Waals surface area contributed by atoms with Crippen LogP contribution in [0.4, 0.5) is 5.95 Å². The molecule has 3 heterocycles. The van der Waals surface area contributed by atoms with Gasteiger partial charge >= 0.3 is 0 Å². The molecule has 2 aromatic heterocycles. The Morgan fingerprint density at radius 1 is 1.26 bits per heavy atom. The second-order valence-electron chi connectivity index (χ2n) is 12.7. The van der Waals surface area contributed by atoms with Crippen molar-refractivity contribution in [1.82, 2.24) is 24.9 Å². The molecule has 2 atom stereocenters. The van der Waals surface area contributed by atoms with Gasteiger partial charge in [0.25, 0.3) is 11.8 Å². The Morgan fingerprint density at radius 2 is 2.02 bits per heavy atom. The number of carbonyl (C=O) groups is 2. The predicted molar refractivity (Wildman–Crippen MR) is 164 cm³/mol. The normalized spacial score (nSPS) is 16.8. The van der Waals surface area contributed by atoms with Crippen LogP contribution in [0.5, 0.6) is 0 Å². The third kappa shape index (κ3) is 7.69. The summed E-state index contributed by atoms with van der Waals surface area (Å²) >= 11 is 0. The fourth-order valence-corrected chi connectivity index (χ4v) is 5.20. The summed E-state index contributed by atoms with van der Waals surface area (Å²) in [6.07, 6.45) is 4.56. The number of carbonyl (C=O) groups excluding carboxylic acids is 2. The van der Waals surface area contributed by atoms with E-state index in [1.54, 1.807) is 11.0 Å². The van der Waals surface area contributed by atoms with Crippen molar-refractivity contribution in [3.63, 3.8) is 0 Å². The molecule has 1 aliphatic rings. The van der Waals surface area contributed by atoms with Gasteiger partial charge in [-0.05, 0) is 69.7 Å². The van der Waals surface area contributed by atoms with Crippen molar-refractivity contribution in [1.29, 1.82) is 5.26 Å². The lowest BCUT2D eigenvalue weighted by Gasteiger charge is -2.28. The number of ether oxygens (including phenoxy) is 1. The molecule has 0 spiro atoms. The minimum absolute atomic E-state index is 0.0568. The molecule has 2 N–H and O–H groups in total. The van der Waals surface area contributed by atoms with Crippen molar-refractivity contribution in [3.05, 3.63) is 53.4 Å². The fourth-order valence-electron chi connectivity index (χ4n) is 5.20. The molecule has 0 bridgehead atoms. The lowest BCUT2D eigenvalue weighted by molar-refractivity contribution is -0.127. The minimum Gasteiger partial charge on any atom is -0.372 e. The maximum Gasteiger partial charge on any atom is 0.296 e. The van der Waals surface area contributed by atoms with Crippen molar-refractivity contribution in [3.8, 4) is 6.07 Å². The highest BCUT2D eigenvalue weighted by Gasteiger charge is 2.33. The van der Waals surface area contributed by atoms with E-state index in [2.05, 4.69) is 55.6 Å². The number of anilines is 1. The number of likely N-dealkylation sites (tertiary alicyclic amines) is 1. The molecular formula is C32H43N7O4. The Kier molecular flexibility index (Phi) is 9.72. The van der Waals surface area contributed by atoms with Crippen LogP contribution in [-0.4, -0.2) is 62.3 Å². The van der Waals surface area contributed by atoms with E-state index in [9.17, 15) is 14.9 Å². The molecule has 0 unspecified atom stereocenters. The van der Waals surface area contributed by atoms with Crippen LogP contribution in [0, 0.1) is 16.7 Å². The number of fused-ring (bicyclic) bond motifs is 1. The molecule has 1 saturated heterocycles. The van der Waals surface area contributed by atoms with Gasteiger partial charge in [-0.3, -0.25) is 14.9 Å². The smallest absolute Gasteiger partial charge is 0.296 e. The van der Waals surface area contributed by atoms with E-state index in [1.165, 1.54) is 12.3 Å². The summed E-state index contributed by atoms with van der Waals surface area (Å²) in [7, 11) is 0. The molecule has 11 nitrogen and oxygen atoms in total. The van der Waals surface area contributed by atoms with E-state index < -0.39 is 11.5 Å². The number of nitriles is 1. The third-order valence-electron chi connectivity index (χ3n) is 8.00. The average Bonchev–Trinajstić information content (AvgIpc) is 3.71. The van der Waals surface area contributed by atoms with Crippen LogP contribution in [0.2, 0.25) is 0 Å². The zero-order valence-corrected chi connectivity index (χ0v) is 26.2. The van der Waals surface area contributed by atoms with Gasteiger partial charge in [0.05, 0.1) is 28.9 Å². The van der Waals surface area contributed by atoms with Crippen LogP contribution in [0.1, 0.15) is 77.4 Å². The molecule has 0 saturated carbocycles. The van der Waals surface area contributed by atoms with E-state index in [-0.39, 0.29) is 28.7 Å². The van der Waals surface area contributed by atoms with Gasteiger partial charge in [0.15, 0.2) is 0 Å². The number of nitrogens with zero attached hydrogens (tertiary/aromatic N) is 5. The van der Waals surface area contributed by atoms with Crippen LogP contribution >= 0.6 is 0 Å². The Hall–Kier alpha value is -4.01. The molecule has 2 amide bonds. The second kappa shape index (κ2) is 13.1. The third-order valence-corrected chi connectivity index (χ3v) is 8.00. The maximum absolute atomic E-state index is 13.6. The number of hydrogen-bond donors (Lipinski definition) is 2. The molecule has 230 valence electrons. The minimum atomic E-state index is -0.749. The Bertz CT molecular complexity index is 1510. The van der Waals surface area contributed by atoms with Crippen LogP contribution in [-0.2, 0) is 22.6 Å². The highest BCUT2D eigenvalue weighted by Crippen LogP contribution is 2.28. The first-order valence-corrected chi connectivity index (χ1v) is 14.9. The Labute approximate surface area is 253 Å². The lowest BCUT2D eigenvalue weighted by atomic mass is 9.88. The molecule has 0 radical (unpaired) electrons. The molecule has 1 aromatic carbocycles. The first-order chi connectivity index (χ1) is 20.3. The molecule has 3 aromatic rings. The summed E-state index contributed by atoms with van der Waals surface area (Å²) in [5, 5.41) is 19.9. The van der Waals surface area contributed by atoms with Crippen molar-refractivity contribution >= 4 is 28.8 Å². The molecule has 43 heavy (non-hydrogen) atoms. The summed E-state index contributed by atoms with van der Waals surface area (Å²) < 4.78 is 12.7. The first kappa shape index (κ1) is 31.9. The average molecular weight is 590 g/mol. The van der Waals surface area contributed by atoms with Crippen LogP contribution in [0.25, 0.3) is 11.0 Å². The molecule has 1 fully saturated rings. The van der Waals surface area contributed by atoms with Crippen molar-refractivity contribution < 1.29 is 18.8 Å².